The minimum absolute atomic E-state index is 0.0333. The van der Waals surface area contributed by atoms with Crippen molar-refractivity contribution < 1.29 is 18.8 Å². The van der Waals surface area contributed by atoms with Crippen LogP contribution < -0.4 is 9.47 Å². The number of Topliss-reactive ketones (excluding diaryl/α,β-unsaturated/α-hetero) is 1. The van der Waals surface area contributed by atoms with Crippen molar-refractivity contribution in [3.05, 3.63) is 23.8 Å². The van der Waals surface area contributed by atoms with Crippen molar-refractivity contribution in [1.29, 1.82) is 0 Å². The van der Waals surface area contributed by atoms with Gasteiger partial charge in [-0.25, -0.2) is 0 Å². The number of rotatable bonds is 5. The molecule has 0 spiro atoms. The van der Waals surface area contributed by atoms with Gasteiger partial charge < -0.3 is 14.0 Å². The standard InChI is InChI=1S/C12H14O4S/c1-9(13)7-17(14)5-4-10-2-3-11-12(6-10)16-8-15-11/h2-3,6H,4-5,7-8H2,1H3. The Morgan fingerprint density at radius 1 is 1.41 bits per heavy atom. The van der Waals surface area contributed by atoms with E-state index in [0.29, 0.717) is 12.2 Å². The Morgan fingerprint density at radius 3 is 2.94 bits per heavy atom. The number of carbonyl (C=O) groups excluding carboxylic acids is 1. The van der Waals surface area contributed by atoms with E-state index in [1.807, 2.05) is 18.2 Å². The summed E-state index contributed by atoms with van der Waals surface area (Å²) in [7, 11) is 0. The minimum Gasteiger partial charge on any atom is -0.616 e. The Labute approximate surface area is 103 Å². The number of ether oxygens (including phenoxy) is 2. The quantitative estimate of drug-likeness (QED) is 0.743. The maximum atomic E-state index is 11.5. The van der Waals surface area contributed by atoms with E-state index in [2.05, 4.69) is 0 Å². The Hall–Kier alpha value is -1.20. The largest absolute Gasteiger partial charge is 0.616 e. The van der Waals surface area contributed by atoms with Crippen molar-refractivity contribution in [3.63, 3.8) is 0 Å². The summed E-state index contributed by atoms with van der Waals surface area (Å²) >= 11 is -1.07. The van der Waals surface area contributed by atoms with E-state index in [0.717, 1.165) is 17.1 Å². The highest BCUT2D eigenvalue weighted by molar-refractivity contribution is 7.92. The molecule has 0 aromatic heterocycles. The summed E-state index contributed by atoms with van der Waals surface area (Å²) in [4.78, 5) is 10.8. The van der Waals surface area contributed by atoms with E-state index in [-0.39, 0.29) is 18.3 Å². The molecule has 0 saturated carbocycles. The Balaban J connectivity index is 1.89. The van der Waals surface area contributed by atoms with Gasteiger partial charge in [0.25, 0.3) is 0 Å². The average Bonchev–Trinajstić information content (AvgIpc) is 2.72. The van der Waals surface area contributed by atoms with Crippen LogP contribution >= 0.6 is 0 Å². The van der Waals surface area contributed by atoms with E-state index < -0.39 is 11.2 Å². The lowest BCUT2D eigenvalue weighted by molar-refractivity contribution is -0.114. The number of fused-ring (bicyclic) bond motifs is 1. The molecular weight excluding hydrogens is 240 g/mol. The highest BCUT2D eigenvalue weighted by atomic mass is 32.2. The number of benzene rings is 1. The first kappa shape index (κ1) is 12.3. The molecule has 0 amide bonds. The molecule has 0 aliphatic carbocycles. The van der Waals surface area contributed by atoms with Crippen molar-refractivity contribution >= 4 is 17.0 Å². The molecule has 1 aliphatic heterocycles. The van der Waals surface area contributed by atoms with Crippen LogP contribution in [0.15, 0.2) is 18.2 Å². The SMILES string of the molecule is CC(=O)C[S+]([O-])CCc1ccc2c(c1)OCO2. The summed E-state index contributed by atoms with van der Waals surface area (Å²) in [5.41, 5.74) is 1.05. The fourth-order valence-corrected chi connectivity index (χ4v) is 2.69. The predicted molar refractivity (Wildman–Crippen MR) is 64.8 cm³/mol. The number of carbonyl (C=O) groups is 1. The van der Waals surface area contributed by atoms with Gasteiger partial charge in [-0.05, 0) is 35.8 Å². The van der Waals surface area contributed by atoms with E-state index in [4.69, 9.17) is 9.47 Å². The van der Waals surface area contributed by atoms with E-state index in [9.17, 15) is 9.35 Å². The van der Waals surface area contributed by atoms with Crippen LogP contribution in [0.2, 0.25) is 0 Å². The molecule has 1 heterocycles. The van der Waals surface area contributed by atoms with Gasteiger partial charge >= 0.3 is 0 Å². The summed E-state index contributed by atoms with van der Waals surface area (Å²) < 4.78 is 22.0. The van der Waals surface area contributed by atoms with Crippen molar-refractivity contribution in [2.75, 3.05) is 18.3 Å². The lowest BCUT2D eigenvalue weighted by atomic mass is 10.1. The fourth-order valence-electron chi connectivity index (χ4n) is 1.63. The molecule has 0 radical (unpaired) electrons. The molecular formula is C12H14O4S. The van der Waals surface area contributed by atoms with Crippen LogP contribution in [0.4, 0.5) is 0 Å². The third-order valence-electron chi connectivity index (χ3n) is 2.42. The van der Waals surface area contributed by atoms with Crippen LogP contribution in [0.3, 0.4) is 0 Å². The number of hydrogen-bond donors (Lipinski definition) is 0. The summed E-state index contributed by atoms with van der Waals surface area (Å²) in [5.74, 6) is 2.09. The van der Waals surface area contributed by atoms with Crippen molar-refractivity contribution in [2.45, 2.75) is 13.3 Å². The second-order valence-corrected chi connectivity index (χ2v) is 5.50. The highest BCUT2D eigenvalue weighted by Gasteiger charge is 2.14. The molecule has 0 bridgehead atoms. The molecule has 1 aliphatic rings. The Kier molecular flexibility index (Phi) is 3.91. The van der Waals surface area contributed by atoms with Gasteiger partial charge in [-0.1, -0.05) is 6.07 Å². The van der Waals surface area contributed by atoms with Gasteiger partial charge in [-0.15, -0.1) is 0 Å². The van der Waals surface area contributed by atoms with Crippen LogP contribution in [-0.4, -0.2) is 28.6 Å². The van der Waals surface area contributed by atoms with Gasteiger partial charge in [0.15, 0.2) is 23.0 Å². The Bertz CT molecular complexity index is 419. The molecule has 17 heavy (non-hydrogen) atoms. The molecule has 1 aromatic rings. The third kappa shape index (κ3) is 3.38. The number of hydrogen-bond acceptors (Lipinski definition) is 4. The molecule has 1 unspecified atom stereocenters. The monoisotopic (exact) mass is 254 g/mol. The third-order valence-corrected chi connectivity index (χ3v) is 3.81. The second-order valence-electron chi connectivity index (χ2n) is 3.93. The van der Waals surface area contributed by atoms with Gasteiger partial charge in [0.05, 0.1) is 0 Å². The van der Waals surface area contributed by atoms with Crippen LogP contribution in [-0.2, 0) is 22.4 Å². The van der Waals surface area contributed by atoms with Gasteiger partial charge in [-0.3, -0.25) is 4.79 Å². The Morgan fingerprint density at radius 2 is 2.18 bits per heavy atom. The fraction of sp³-hybridized carbons (Fsp3) is 0.417. The van der Waals surface area contributed by atoms with Crippen molar-refractivity contribution in [2.24, 2.45) is 0 Å². The van der Waals surface area contributed by atoms with Crippen molar-refractivity contribution in [1.82, 2.24) is 0 Å². The molecule has 4 nitrogen and oxygen atoms in total. The van der Waals surface area contributed by atoms with Gasteiger partial charge in [-0.2, -0.15) is 0 Å². The molecule has 2 rings (SSSR count). The summed E-state index contributed by atoms with van der Waals surface area (Å²) in [6, 6.07) is 5.68. The first-order valence-corrected chi connectivity index (χ1v) is 6.87. The topological polar surface area (TPSA) is 58.6 Å². The van der Waals surface area contributed by atoms with E-state index in [1.165, 1.54) is 6.92 Å². The molecule has 5 heteroatoms. The van der Waals surface area contributed by atoms with Crippen LogP contribution in [0.25, 0.3) is 0 Å². The van der Waals surface area contributed by atoms with Crippen LogP contribution in [0, 0.1) is 0 Å². The molecule has 1 aromatic carbocycles. The van der Waals surface area contributed by atoms with Gasteiger partial charge in [0.1, 0.15) is 5.75 Å². The zero-order valence-electron chi connectivity index (χ0n) is 9.60. The van der Waals surface area contributed by atoms with Gasteiger partial charge in [0.2, 0.25) is 6.79 Å². The van der Waals surface area contributed by atoms with E-state index in [1.54, 1.807) is 0 Å². The normalized spacial score (nSPS) is 14.7. The first-order valence-electron chi connectivity index (χ1n) is 5.38. The van der Waals surface area contributed by atoms with E-state index >= 15 is 0 Å². The summed E-state index contributed by atoms with van der Waals surface area (Å²) in [6.07, 6.45) is 0.677. The van der Waals surface area contributed by atoms with Crippen LogP contribution in [0.1, 0.15) is 12.5 Å². The average molecular weight is 254 g/mol. The molecule has 92 valence electrons. The van der Waals surface area contributed by atoms with Crippen molar-refractivity contribution in [3.8, 4) is 11.5 Å². The first-order chi connectivity index (χ1) is 8.15. The smallest absolute Gasteiger partial charge is 0.231 e. The summed E-state index contributed by atoms with van der Waals surface area (Å²) in [6.45, 7) is 1.72. The number of aryl methyl sites for hydroxylation is 1. The molecule has 0 N–H and O–H groups in total. The maximum Gasteiger partial charge on any atom is 0.231 e. The lowest BCUT2D eigenvalue weighted by Crippen LogP contribution is -2.18. The zero-order chi connectivity index (χ0) is 12.3. The van der Waals surface area contributed by atoms with Gasteiger partial charge in [0, 0.05) is 6.42 Å². The number of ketones is 1. The summed E-state index contributed by atoms with van der Waals surface area (Å²) in [5, 5.41) is 0. The maximum absolute atomic E-state index is 11.5. The second kappa shape index (κ2) is 5.42. The highest BCUT2D eigenvalue weighted by Crippen LogP contribution is 2.32. The van der Waals surface area contributed by atoms with Crippen LogP contribution in [0.5, 0.6) is 11.5 Å². The molecule has 0 saturated heterocycles. The molecule has 0 fully saturated rings. The minimum atomic E-state index is -1.07. The zero-order valence-corrected chi connectivity index (χ0v) is 10.4. The lowest BCUT2D eigenvalue weighted by Gasteiger charge is -2.09. The molecule has 1 atom stereocenters. The predicted octanol–water partition coefficient (Wildman–Crippen LogP) is 1.30.